The molecule has 0 aliphatic carbocycles. The first-order valence-electron chi connectivity index (χ1n) is 10.8. The van der Waals surface area contributed by atoms with E-state index in [9.17, 15) is 4.79 Å². The van der Waals surface area contributed by atoms with Gasteiger partial charge in [-0.05, 0) is 57.4 Å². The van der Waals surface area contributed by atoms with E-state index in [1.807, 2.05) is 43.0 Å². The van der Waals surface area contributed by atoms with Crippen molar-refractivity contribution in [2.24, 2.45) is 0 Å². The summed E-state index contributed by atoms with van der Waals surface area (Å²) in [6.45, 7) is 8.74. The summed E-state index contributed by atoms with van der Waals surface area (Å²) < 4.78 is 2.09. The zero-order chi connectivity index (χ0) is 21.8. The Morgan fingerprint density at radius 2 is 1.74 bits per heavy atom. The molecule has 7 heteroatoms. The van der Waals surface area contributed by atoms with E-state index in [1.165, 1.54) is 30.2 Å². The summed E-state index contributed by atoms with van der Waals surface area (Å²) in [4.78, 5) is 17.2. The number of rotatable bonds is 7. The molecular formula is C24H29N5OS. The highest BCUT2D eigenvalue weighted by Gasteiger charge is 2.24. The number of aryl methyl sites for hydroxylation is 2. The first-order valence-corrected chi connectivity index (χ1v) is 11.8. The third-order valence-electron chi connectivity index (χ3n) is 5.65. The molecule has 1 amide bonds. The van der Waals surface area contributed by atoms with E-state index in [0.29, 0.717) is 12.3 Å². The normalized spacial score (nSPS) is 13.6. The number of carbonyl (C=O) groups excluding carboxylic acids is 1. The first kappa shape index (κ1) is 21.4. The highest BCUT2D eigenvalue weighted by molar-refractivity contribution is 7.99. The van der Waals surface area contributed by atoms with Crippen LogP contribution in [-0.2, 0) is 4.79 Å². The molecule has 1 fully saturated rings. The molecule has 0 unspecified atom stereocenters. The van der Waals surface area contributed by atoms with Crippen LogP contribution >= 0.6 is 11.8 Å². The fourth-order valence-electron chi connectivity index (χ4n) is 3.95. The Balaban J connectivity index is 1.58. The average molecular weight is 436 g/mol. The predicted molar refractivity (Wildman–Crippen MR) is 127 cm³/mol. The highest BCUT2D eigenvalue weighted by atomic mass is 32.2. The smallest absolute Gasteiger partial charge is 0.237 e. The lowest BCUT2D eigenvalue weighted by molar-refractivity contribution is -0.116. The van der Waals surface area contributed by atoms with Gasteiger partial charge < -0.3 is 9.80 Å². The molecule has 0 atom stereocenters. The van der Waals surface area contributed by atoms with Gasteiger partial charge in [0.05, 0.1) is 11.4 Å². The summed E-state index contributed by atoms with van der Waals surface area (Å²) in [6, 6.07) is 16.4. The minimum atomic E-state index is 0.0722. The van der Waals surface area contributed by atoms with Gasteiger partial charge in [0.25, 0.3) is 0 Å². The van der Waals surface area contributed by atoms with Crippen molar-refractivity contribution in [3.8, 4) is 5.69 Å². The maximum atomic E-state index is 13.1. The third-order valence-corrected chi connectivity index (χ3v) is 6.56. The van der Waals surface area contributed by atoms with Crippen molar-refractivity contribution in [2.45, 2.75) is 38.8 Å². The lowest BCUT2D eigenvalue weighted by Gasteiger charge is -2.23. The first-order chi connectivity index (χ1) is 15.1. The Hall–Kier alpha value is -2.80. The number of aromatic nitrogens is 3. The van der Waals surface area contributed by atoms with Crippen LogP contribution in [0, 0.1) is 13.8 Å². The molecule has 4 rings (SSSR count). The minimum Gasteiger partial charge on any atom is -0.341 e. The van der Waals surface area contributed by atoms with E-state index in [4.69, 9.17) is 0 Å². The molecular weight excluding hydrogens is 406 g/mol. The van der Waals surface area contributed by atoms with Gasteiger partial charge in [0.2, 0.25) is 11.9 Å². The number of hydrogen-bond acceptors (Lipinski definition) is 5. The average Bonchev–Trinajstić information content (AvgIpc) is 3.44. The number of hydrogen-bond donors (Lipinski definition) is 0. The molecule has 31 heavy (non-hydrogen) atoms. The number of carbonyl (C=O) groups is 1. The van der Waals surface area contributed by atoms with Gasteiger partial charge in [0.1, 0.15) is 0 Å². The van der Waals surface area contributed by atoms with Gasteiger partial charge in [0.15, 0.2) is 5.16 Å². The van der Waals surface area contributed by atoms with Gasteiger partial charge in [-0.2, -0.15) is 0 Å². The van der Waals surface area contributed by atoms with Gasteiger partial charge in [-0.3, -0.25) is 9.36 Å². The number of nitrogens with zero attached hydrogens (tertiary/aromatic N) is 5. The van der Waals surface area contributed by atoms with Crippen molar-refractivity contribution in [3.05, 3.63) is 59.7 Å². The molecule has 1 aliphatic heterocycles. The summed E-state index contributed by atoms with van der Waals surface area (Å²) in [5, 5.41) is 9.73. The second-order valence-electron chi connectivity index (χ2n) is 7.86. The molecule has 0 saturated carbocycles. The van der Waals surface area contributed by atoms with Crippen molar-refractivity contribution in [1.29, 1.82) is 0 Å². The molecule has 6 nitrogen and oxygen atoms in total. The summed E-state index contributed by atoms with van der Waals surface area (Å²) in [7, 11) is 0. The molecule has 3 aromatic rings. The van der Waals surface area contributed by atoms with E-state index >= 15 is 0 Å². The van der Waals surface area contributed by atoms with Gasteiger partial charge in [-0.15, -0.1) is 10.2 Å². The topological polar surface area (TPSA) is 54.3 Å². The summed E-state index contributed by atoms with van der Waals surface area (Å²) in [5.41, 5.74) is 4.30. The molecule has 0 N–H and O–H groups in total. The van der Waals surface area contributed by atoms with Crippen molar-refractivity contribution >= 4 is 29.3 Å². The van der Waals surface area contributed by atoms with E-state index in [-0.39, 0.29) is 5.91 Å². The molecule has 0 spiro atoms. The lowest BCUT2D eigenvalue weighted by Crippen LogP contribution is -2.32. The zero-order valence-corrected chi connectivity index (χ0v) is 19.2. The fourth-order valence-corrected chi connectivity index (χ4v) is 4.77. The highest BCUT2D eigenvalue weighted by Crippen LogP contribution is 2.29. The standard InChI is InChI=1S/C24H29N5OS/c1-4-28(21-10-6-5-9-19(21)3)22(30)17-31-24-26-25-23(27-15-7-8-16-27)29(24)20-13-11-18(2)12-14-20/h5-6,9-14H,4,7-8,15-17H2,1-3H3. The van der Waals surface area contributed by atoms with Crippen LogP contribution in [-0.4, -0.2) is 46.1 Å². The predicted octanol–water partition coefficient (Wildman–Crippen LogP) is 4.63. The second-order valence-corrected chi connectivity index (χ2v) is 8.80. The minimum absolute atomic E-state index is 0.0722. The van der Waals surface area contributed by atoms with Gasteiger partial charge in [-0.1, -0.05) is 47.7 Å². The second kappa shape index (κ2) is 9.56. The molecule has 2 aromatic carbocycles. The van der Waals surface area contributed by atoms with Crippen molar-refractivity contribution in [3.63, 3.8) is 0 Å². The summed E-state index contributed by atoms with van der Waals surface area (Å²) in [6.07, 6.45) is 2.34. The zero-order valence-electron chi connectivity index (χ0n) is 18.4. The van der Waals surface area contributed by atoms with Crippen LogP contribution in [0.5, 0.6) is 0 Å². The maximum Gasteiger partial charge on any atom is 0.237 e. The van der Waals surface area contributed by atoms with Crippen LogP contribution < -0.4 is 9.80 Å². The number of amides is 1. The molecule has 2 heterocycles. The Morgan fingerprint density at radius 3 is 2.42 bits per heavy atom. The molecule has 1 aliphatic rings. The molecule has 1 aromatic heterocycles. The van der Waals surface area contributed by atoms with Gasteiger partial charge >= 0.3 is 0 Å². The fraction of sp³-hybridized carbons (Fsp3) is 0.375. The van der Waals surface area contributed by atoms with Crippen LogP contribution in [0.25, 0.3) is 5.69 Å². The number of benzene rings is 2. The Bertz CT molecular complexity index is 1040. The van der Waals surface area contributed by atoms with E-state index in [1.54, 1.807) is 0 Å². The van der Waals surface area contributed by atoms with E-state index in [0.717, 1.165) is 41.1 Å². The maximum absolute atomic E-state index is 13.1. The Kier molecular flexibility index (Phi) is 6.61. The van der Waals surface area contributed by atoms with Crippen LogP contribution in [0.4, 0.5) is 11.6 Å². The Morgan fingerprint density at radius 1 is 1.03 bits per heavy atom. The summed E-state index contributed by atoms with van der Waals surface area (Å²) >= 11 is 1.45. The van der Waals surface area contributed by atoms with Crippen molar-refractivity contribution in [1.82, 2.24) is 14.8 Å². The number of para-hydroxylation sites is 1. The molecule has 0 radical (unpaired) electrons. The monoisotopic (exact) mass is 435 g/mol. The SMILES string of the molecule is CCN(C(=O)CSc1nnc(N2CCCC2)n1-c1ccc(C)cc1)c1ccccc1C. The van der Waals surface area contributed by atoms with E-state index in [2.05, 4.69) is 50.9 Å². The van der Waals surface area contributed by atoms with Crippen LogP contribution in [0.2, 0.25) is 0 Å². The number of anilines is 2. The van der Waals surface area contributed by atoms with Crippen molar-refractivity contribution < 1.29 is 4.79 Å². The quantitative estimate of drug-likeness (QED) is 0.507. The Labute approximate surface area is 188 Å². The number of thioether (sulfide) groups is 1. The lowest BCUT2D eigenvalue weighted by atomic mass is 10.2. The van der Waals surface area contributed by atoms with Gasteiger partial charge in [0, 0.05) is 25.3 Å². The summed E-state index contributed by atoms with van der Waals surface area (Å²) in [5.74, 6) is 1.25. The van der Waals surface area contributed by atoms with Crippen LogP contribution in [0.15, 0.2) is 53.7 Å². The van der Waals surface area contributed by atoms with Crippen molar-refractivity contribution in [2.75, 3.05) is 35.2 Å². The van der Waals surface area contributed by atoms with Crippen LogP contribution in [0.1, 0.15) is 30.9 Å². The largest absolute Gasteiger partial charge is 0.341 e. The van der Waals surface area contributed by atoms with E-state index < -0.39 is 0 Å². The molecule has 162 valence electrons. The molecule has 0 bridgehead atoms. The third kappa shape index (κ3) is 4.61. The van der Waals surface area contributed by atoms with Crippen LogP contribution in [0.3, 0.4) is 0 Å². The van der Waals surface area contributed by atoms with Gasteiger partial charge in [-0.25, -0.2) is 0 Å². The molecule has 1 saturated heterocycles.